The van der Waals surface area contributed by atoms with Crippen LogP contribution in [0.4, 0.5) is 0 Å². The predicted molar refractivity (Wildman–Crippen MR) is 78.3 cm³/mol. The first-order valence-electron chi connectivity index (χ1n) is 7.27. The van der Waals surface area contributed by atoms with E-state index >= 15 is 0 Å². The SMILES string of the molecule is c1nc2ccc(CCCCN3CCNCC3)cc2[nH]1. The molecule has 4 heteroatoms. The lowest BCUT2D eigenvalue weighted by molar-refractivity contribution is 0.237. The van der Waals surface area contributed by atoms with Crippen molar-refractivity contribution < 1.29 is 0 Å². The van der Waals surface area contributed by atoms with Gasteiger partial charge in [-0.05, 0) is 43.5 Å². The van der Waals surface area contributed by atoms with Gasteiger partial charge >= 0.3 is 0 Å². The molecule has 1 fully saturated rings. The summed E-state index contributed by atoms with van der Waals surface area (Å²) in [6.45, 7) is 5.96. The Balaban J connectivity index is 1.43. The van der Waals surface area contributed by atoms with Gasteiger partial charge in [-0.15, -0.1) is 0 Å². The number of aromatic nitrogens is 2. The fraction of sp³-hybridized carbons (Fsp3) is 0.533. The molecule has 1 aromatic carbocycles. The van der Waals surface area contributed by atoms with Gasteiger partial charge in [-0.2, -0.15) is 0 Å². The van der Waals surface area contributed by atoms with Crippen molar-refractivity contribution in [2.75, 3.05) is 32.7 Å². The number of unbranched alkanes of at least 4 members (excludes halogenated alkanes) is 1. The highest BCUT2D eigenvalue weighted by atomic mass is 15.2. The smallest absolute Gasteiger partial charge is 0.0931 e. The van der Waals surface area contributed by atoms with E-state index in [2.05, 4.69) is 38.4 Å². The Kier molecular flexibility index (Phi) is 4.10. The van der Waals surface area contributed by atoms with Gasteiger partial charge < -0.3 is 15.2 Å². The van der Waals surface area contributed by atoms with E-state index in [-0.39, 0.29) is 0 Å². The summed E-state index contributed by atoms with van der Waals surface area (Å²) in [6.07, 6.45) is 5.49. The molecule has 0 aliphatic carbocycles. The Bertz CT molecular complexity index is 514. The summed E-state index contributed by atoms with van der Waals surface area (Å²) in [5.74, 6) is 0. The number of nitrogens with zero attached hydrogens (tertiary/aromatic N) is 2. The molecule has 0 spiro atoms. The molecule has 0 atom stereocenters. The molecule has 3 rings (SSSR count). The number of benzene rings is 1. The maximum atomic E-state index is 4.25. The van der Waals surface area contributed by atoms with E-state index < -0.39 is 0 Å². The lowest BCUT2D eigenvalue weighted by Gasteiger charge is -2.27. The van der Waals surface area contributed by atoms with Gasteiger partial charge in [0, 0.05) is 26.2 Å². The maximum absolute atomic E-state index is 4.25. The van der Waals surface area contributed by atoms with Crippen molar-refractivity contribution in [2.45, 2.75) is 19.3 Å². The monoisotopic (exact) mass is 258 g/mol. The lowest BCUT2D eigenvalue weighted by atomic mass is 10.1. The summed E-state index contributed by atoms with van der Waals surface area (Å²) >= 11 is 0. The van der Waals surface area contributed by atoms with Crippen LogP contribution in [0.1, 0.15) is 18.4 Å². The molecule has 0 amide bonds. The molecule has 1 aliphatic rings. The molecule has 2 N–H and O–H groups in total. The maximum Gasteiger partial charge on any atom is 0.0931 e. The standard InChI is InChI=1S/C15H22N4/c1(2-8-19-9-6-16-7-10-19)3-13-4-5-14-15(11-13)18-12-17-14/h4-5,11-12,16H,1-3,6-10H2,(H,17,18). The molecule has 2 aromatic rings. The summed E-state index contributed by atoms with van der Waals surface area (Å²) in [7, 11) is 0. The highest BCUT2D eigenvalue weighted by molar-refractivity contribution is 5.74. The molecule has 0 saturated carbocycles. The van der Waals surface area contributed by atoms with Crippen molar-refractivity contribution in [1.29, 1.82) is 0 Å². The number of hydrogen-bond donors (Lipinski definition) is 2. The average molecular weight is 258 g/mol. The van der Waals surface area contributed by atoms with Crippen LogP contribution < -0.4 is 5.32 Å². The van der Waals surface area contributed by atoms with E-state index in [4.69, 9.17) is 0 Å². The molecular formula is C15H22N4. The van der Waals surface area contributed by atoms with Gasteiger partial charge in [0.05, 0.1) is 17.4 Å². The van der Waals surface area contributed by atoms with Crippen LogP contribution in [0, 0.1) is 0 Å². The number of aromatic amines is 1. The highest BCUT2D eigenvalue weighted by Gasteiger charge is 2.08. The van der Waals surface area contributed by atoms with Gasteiger partial charge in [0.25, 0.3) is 0 Å². The topological polar surface area (TPSA) is 44.0 Å². The Morgan fingerprint density at radius 2 is 2.05 bits per heavy atom. The number of rotatable bonds is 5. The zero-order chi connectivity index (χ0) is 12.9. The van der Waals surface area contributed by atoms with Crippen LogP contribution in [0.3, 0.4) is 0 Å². The van der Waals surface area contributed by atoms with E-state index in [0.717, 1.165) is 24.1 Å². The van der Waals surface area contributed by atoms with E-state index in [9.17, 15) is 0 Å². The van der Waals surface area contributed by atoms with Crippen molar-refractivity contribution in [3.8, 4) is 0 Å². The molecule has 4 nitrogen and oxygen atoms in total. The molecule has 0 radical (unpaired) electrons. The van der Waals surface area contributed by atoms with Crippen LogP contribution in [0.15, 0.2) is 24.5 Å². The van der Waals surface area contributed by atoms with Crippen LogP contribution in [0.2, 0.25) is 0 Å². The van der Waals surface area contributed by atoms with Gasteiger partial charge in [0.1, 0.15) is 0 Å². The van der Waals surface area contributed by atoms with Crippen molar-refractivity contribution in [3.63, 3.8) is 0 Å². The third-order valence-electron chi connectivity index (χ3n) is 3.88. The van der Waals surface area contributed by atoms with Crippen LogP contribution >= 0.6 is 0 Å². The normalized spacial score (nSPS) is 17.1. The zero-order valence-corrected chi connectivity index (χ0v) is 11.4. The molecule has 102 valence electrons. The van der Waals surface area contributed by atoms with E-state index in [0.29, 0.717) is 0 Å². The van der Waals surface area contributed by atoms with Gasteiger partial charge in [0.2, 0.25) is 0 Å². The fourth-order valence-electron chi connectivity index (χ4n) is 2.74. The number of imidazole rings is 1. The van der Waals surface area contributed by atoms with Crippen molar-refractivity contribution in [3.05, 3.63) is 30.1 Å². The number of H-pyrrole nitrogens is 1. The van der Waals surface area contributed by atoms with Gasteiger partial charge in [-0.25, -0.2) is 4.98 Å². The molecule has 2 heterocycles. The second kappa shape index (κ2) is 6.17. The van der Waals surface area contributed by atoms with E-state index in [1.54, 1.807) is 6.33 Å². The minimum absolute atomic E-state index is 1.06. The Morgan fingerprint density at radius 1 is 1.16 bits per heavy atom. The van der Waals surface area contributed by atoms with Crippen LogP contribution in [-0.4, -0.2) is 47.6 Å². The molecule has 1 saturated heterocycles. The summed E-state index contributed by atoms with van der Waals surface area (Å²) in [6, 6.07) is 6.54. The third kappa shape index (κ3) is 3.33. The summed E-state index contributed by atoms with van der Waals surface area (Å²) in [5.41, 5.74) is 3.63. The number of piperazine rings is 1. The Hall–Kier alpha value is -1.39. The molecule has 1 aromatic heterocycles. The second-order valence-corrected chi connectivity index (χ2v) is 5.30. The molecule has 0 bridgehead atoms. The minimum Gasteiger partial charge on any atom is -0.345 e. The number of aryl methyl sites for hydroxylation is 1. The average Bonchev–Trinajstić information content (AvgIpc) is 2.92. The first kappa shape index (κ1) is 12.6. The van der Waals surface area contributed by atoms with Crippen LogP contribution in [0.5, 0.6) is 0 Å². The first-order valence-corrected chi connectivity index (χ1v) is 7.27. The summed E-state index contributed by atoms with van der Waals surface area (Å²) in [4.78, 5) is 9.99. The first-order chi connectivity index (χ1) is 9.42. The number of hydrogen-bond acceptors (Lipinski definition) is 3. The second-order valence-electron chi connectivity index (χ2n) is 5.30. The van der Waals surface area contributed by atoms with Crippen LogP contribution in [-0.2, 0) is 6.42 Å². The Morgan fingerprint density at radius 3 is 2.95 bits per heavy atom. The number of fused-ring (bicyclic) bond motifs is 1. The lowest BCUT2D eigenvalue weighted by Crippen LogP contribution is -2.43. The quantitative estimate of drug-likeness (QED) is 0.804. The minimum atomic E-state index is 1.06. The zero-order valence-electron chi connectivity index (χ0n) is 11.4. The predicted octanol–water partition coefficient (Wildman–Crippen LogP) is 1.79. The number of nitrogens with one attached hydrogen (secondary N) is 2. The third-order valence-corrected chi connectivity index (χ3v) is 3.88. The summed E-state index contributed by atoms with van der Waals surface area (Å²) < 4.78 is 0. The largest absolute Gasteiger partial charge is 0.345 e. The molecule has 1 aliphatic heterocycles. The fourth-order valence-corrected chi connectivity index (χ4v) is 2.74. The van der Waals surface area contributed by atoms with E-state index in [1.807, 2.05) is 0 Å². The molecule has 19 heavy (non-hydrogen) atoms. The van der Waals surface area contributed by atoms with Crippen molar-refractivity contribution in [2.24, 2.45) is 0 Å². The van der Waals surface area contributed by atoms with Gasteiger partial charge in [-0.3, -0.25) is 0 Å². The van der Waals surface area contributed by atoms with Crippen molar-refractivity contribution in [1.82, 2.24) is 20.2 Å². The molecule has 0 unspecified atom stereocenters. The Labute approximate surface area is 114 Å². The summed E-state index contributed by atoms with van der Waals surface area (Å²) in [5, 5.41) is 3.39. The van der Waals surface area contributed by atoms with Gasteiger partial charge in [0.15, 0.2) is 0 Å². The molecular weight excluding hydrogens is 236 g/mol. The van der Waals surface area contributed by atoms with Gasteiger partial charge in [-0.1, -0.05) is 6.07 Å². The van der Waals surface area contributed by atoms with E-state index in [1.165, 1.54) is 44.5 Å². The highest BCUT2D eigenvalue weighted by Crippen LogP contribution is 2.13. The van der Waals surface area contributed by atoms with Crippen LogP contribution in [0.25, 0.3) is 11.0 Å². The van der Waals surface area contributed by atoms with Crippen molar-refractivity contribution >= 4 is 11.0 Å².